The van der Waals surface area contributed by atoms with E-state index in [4.69, 9.17) is 4.74 Å². The van der Waals surface area contributed by atoms with E-state index in [0.717, 1.165) is 53.5 Å². The molecule has 0 spiro atoms. The molecule has 7 heteroatoms. The number of methoxy groups -OCH3 is 1. The summed E-state index contributed by atoms with van der Waals surface area (Å²) >= 11 is 1.47. The van der Waals surface area contributed by atoms with Crippen LogP contribution in [0.5, 0.6) is 5.75 Å². The van der Waals surface area contributed by atoms with E-state index < -0.39 is 0 Å². The Bertz CT molecular complexity index is 898. The number of piperidine rings is 1. The molecule has 1 aromatic heterocycles. The van der Waals surface area contributed by atoms with Crippen molar-refractivity contribution in [3.8, 4) is 5.75 Å². The van der Waals surface area contributed by atoms with Crippen LogP contribution in [0.1, 0.15) is 30.4 Å². The molecule has 0 saturated carbocycles. The lowest BCUT2D eigenvalue weighted by Gasteiger charge is -2.29. The molecule has 28 heavy (non-hydrogen) atoms. The van der Waals surface area contributed by atoms with Crippen LogP contribution in [-0.2, 0) is 9.59 Å². The van der Waals surface area contributed by atoms with Crippen LogP contribution in [0.2, 0.25) is 0 Å². The second-order valence-electron chi connectivity index (χ2n) is 6.95. The summed E-state index contributed by atoms with van der Waals surface area (Å²) in [4.78, 5) is 33.6. The van der Waals surface area contributed by atoms with Gasteiger partial charge in [-0.3, -0.25) is 19.5 Å². The first-order valence-corrected chi connectivity index (χ1v) is 10.4. The van der Waals surface area contributed by atoms with Gasteiger partial charge in [0.15, 0.2) is 0 Å². The molecular formula is C21H23N3O3S. The van der Waals surface area contributed by atoms with Gasteiger partial charge in [-0.15, -0.1) is 11.3 Å². The Hall–Kier alpha value is -2.67. The van der Waals surface area contributed by atoms with E-state index in [1.54, 1.807) is 12.0 Å². The predicted octanol–water partition coefficient (Wildman–Crippen LogP) is 2.95. The molecular weight excluding hydrogens is 374 g/mol. The number of anilines is 1. The fourth-order valence-corrected chi connectivity index (χ4v) is 4.57. The van der Waals surface area contributed by atoms with E-state index in [1.165, 1.54) is 17.8 Å². The first-order chi connectivity index (χ1) is 13.7. The Balaban J connectivity index is 1.61. The van der Waals surface area contributed by atoms with Crippen LogP contribution in [0.4, 0.5) is 5.00 Å². The van der Waals surface area contributed by atoms with Gasteiger partial charge in [0.2, 0.25) is 11.8 Å². The minimum atomic E-state index is -0.141. The molecule has 2 aromatic rings. The van der Waals surface area contributed by atoms with Crippen molar-refractivity contribution in [2.75, 3.05) is 38.2 Å². The van der Waals surface area contributed by atoms with Crippen LogP contribution in [0.15, 0.2) is 40.7 Å². The van der Waals surface area contributed by atoms with E-state index in [2.05, 4.69) is 4.99 Å². The molecule has 0 unspecified atom stereocenters. The smallest absolute Gasteiger partial charge is 0.249 e. The zero-order chi connectivity index (χ0) is 19.5. The van der Waals surface area contributed by atoms with Crippen molar-refractivity contribution in [3.05, 3.63) is 46.8 Å². The van der Waals surface area contributed by atoms with Crippen LogP contribution < -0.4 is 9.64 Å². The number of ether oxygens (including phenoxy) is 1. The average Bonchev–Trinajstić information content (AvgIpc) is 3.17. The highest BCUT2D eigenvalue weighted by Gasteiger charge is 2.29. The fourth-order valence-electron chi connectivity index (χ4n) is 3.66. The van der Waals surface area contributed by atoms with Gasteiger partial charge in [0.05, 0.1) is 12.8 Å². The number of carbonyl (C=O) groups excluding carboxylic acids is 2. The first kappa shape index (κ1) is 18.7. The molecule has 2 aliphatic heterocycles. The first-order valence-electron chi connectivity index (χ1n) is 9.52. The van der Waals surface area contributed by atoms with E-state index in [1.807, 2.05) is 40.6 Å². The lowest BCUT2D eigenvalue weighted by atomic mass is 10.0. The van der Waals surface area contributed by atoms with Crippen LogP contribution in [0.25, 0.3) is 0 Å². The minimum Gasteiger partial charge on any atom is -0.497 e. The molecule has 146 valence electrons. The normalized spacial score (nSPS) is 17.0. The van der Waals surface area contributed by atoms with E-state index in [0.29, 0.717) is 0 Å². The highest BCUT2D eigenvalue weighted by atomic mass is 32.1. The second-order valence-corrected chi connectivity index (χ2v) is 7.85. The molecule has 0 atom stereocenters. The molecule has 4 rings (SSSR count). The molecule has 1 aromatic carbocycles. The molecule has 2 aliphatic rings. The summed E-state index contributed by atoms with van der Waals surface area (Å²) in [5.74, 6) is 0.645. The molecule has 3 heterocycles. The molecule has 6 nitrogen and oxygen atoms in total. The zero-order valence-electron chi connectivity index (χ0n) is 15.9. The number of thiophene rings is 1. The van der Waals surface area contributed by atoms with Crippen molar-refractivity contribution in [2.45, 2.75) is 19.3 Å². The van der Waals surface area contributed by atoms with Crippen molar-refractivity contribution >= 4 is 33.9 Å². The number of benzene rings is 1. The molecule has 0 N–H and O–H groups in total. The van der Waals surface area contributed by atoms with E-state index >= 15 is 0 Å². The van der Waals surface area contributed by atoms with E-state index in [-0.39, 0.29) is 24.9 Å². The summed E-state index contributed by atoms with van der Waals surface area (Å²) in [6.45, 7) is 1.69. The summed E-state index contributed by atoms with van der Waals surface area (Å²) < 4.78 is 5.23. The SMILES string of the molecule is COc1ccc(C2=NCC(=O)N(CC(=O)N3CCCCC3)c3sccc32)cc1. The van der Waals surface area contributed by atoms with Crippen molar-refractivity contribution in [1.82, 2.24) is 4.90 Å². The highest BCUT2D eigenvalue weighted by molar-refractivity contribution is 7.15. The number of fused-ring (bicyclic) bond motifs is 1. The lowest BCUT2D eigenvalue weighted by molar-refractivity contribution is -0.132. The number of amides is 2. The lowest BCUT2D eigenvalue weighted by Crippen LogP contribution is -2.45. The number of rotatable bonds is 4. The van der Waals surface area contributed by atoms with Crippen LogP contribution in [0, 0.1) is 0 Å². The van der Waals surface area contributed by atoms with Gasteiger partial charge in [-0.2, -0.15) is 0 Å². The van der Waals surface area contributed by atoms with Gasteiger partial charge in [-0.25, -0.2) is 0 Å². The maximum atomic E-state index is 12.8. The number of carbonyl (C=O) groups is 2. The molecule has 0 aliphatic carbocycles. The minimum absolute atomic E-state index is 0.0142. The third-order valence-corrected chi connectivity index (χ3v) is 6.12. The maximum Gasteiger partial charge on any atom is 0.249 e. The Morgan fingerprint density at radius 1 is 1.14 bits per heavy atom. The van der Waals surface area contributed by atoms with Gasteiger partial charge in [0.25, 0.3) is 0 Å². The molecule has 1 fully saturated rings. The van der Waals surface area contributed by atoms with Gasteiger partial charge in [-0.1, -0.05) is 0 Å². The highest BCUT2D eigenvalue weighted by Crippen LogP contribution is 2.32. The van der Waals surface area contributed by atoms with Gasteiger partial charge >= 0.3 is 0 Å². The molecule has 2 amide bonds. The van der Waals surface area contributed by atoms with Crippen molar-refractivity contribution in [1.29, 1.82) is 0 Å². The van der Waals surface area contributed by atoms with Crippen molar-refractivity contribution < 1.29 is 14.3 Å². The largest absolute Gasteiger partial charge is 0.497 e. The average molecular weight is 398 g/mol. The standard InChI is InChI=1S/C21H23N3O3S/c1-27-16-7-5-15(6-8-16)20-17-9-12-28-21(17)24(18(25)13-22-20)14-19(26)23-10-3-2-4-11-23/h5-9,12H,2-4,10-11,13-14H2,1H3. The van der Waals surface area contributed by atoms with Crippen molar-refractivity contribution in [2.24, 2.45) is 4.99 Å². The second kappa shape index (κ2) is 8.14. The summed E-state index contributed by atoms with van der Waals surface area (Å²) in [6, 6.07) is 9.62. The number of nitrogens with zero attached hydrogens (tertiary/aromatic N) is 3. The van der Waals surface area contributed by atoms with Gasteiger partial charge in [0.1, 0.15) is 23.8 Å². The molecule has 0 radical (unpaired) electrons. The summed E-state index contributed by atoms with van der Waals surface area (Å²) in [5.41, 5.74) is 2.60. The number of likely N-dealkylation sites (tertiary alicyclic amines) is 1. The van der Waals surface area contributed by atoms with Crippen LogP contribution in [0.3, 0.4) is 0 Å². The Labute approximate surface area is 168 Å². The van der Waals surface area contributed by atoms with Gasteiger partial charge in [-0.05, 0) is 55.0 Å². The molecule has 0 bridgehead atoms. The summed E-state index contributed by atoms with van der Waals surface area (Å²) in [6.07, 6.45) is 3.24. The third kappa shape index (κ3) is 3.67. The van der Waals surface area contributed by atoms with E-state index in [9.17, 15) is 9.59 Å². The fraction of sp³-hybridized carbons (Fsp3) is 0.381. The maximum absolute atomic E-state index is 12.8. The summed E-state index contributed by atoms with van der Waals surface area (Å²) in [5, 5.41) is 2.74. The predicted molar refractivity (Wildman–Crippen MR) is 111 cm³/mol. The van der Waals surface area contributed by atoms with Crippen LogP contribution in [-0.4, -0.2) is 55.7 Å². The summed E-state index contributed by atoms with van der Waals surface area (Å²) in [7, 11) is 1.63. The molecule has 1 saturated heterocycles. The van der Waals surface area contributed by atoms with Crippen molar-refractivity contribution in [3.63, 3.8) is 0 Å². The van der Waals surface area contributed by atoms with Gasteiger partial charge < -0.3 is 9.64 Å². The monoisotopic (exact) mass is 397 g/mol. The topological polar surface area (TPSA) is 62.2 Å². The number of aliphatic imine (C=N–C) groups is 1. The van der Waals surface area contributed by atoms with Gasteiger partial charge in [0, 0.05) is 24.2 Å². The number of hydrogen-bond donors (Lipinski definition) is 0. The number of hydrogen-bond acceptors (Lipinski definition) is 5. The third-order valence-electron chi connectivity index (χ3n) is 5.18. The Morgan fingerprint density at radius 3 is 2.61 bits per heavy atom. The zero-order valence-corrected chi connectivity index (χ0v) is 16.7. The van der Waals surface area contributed by atoms with Crippen LogP contribution >= 0.6 is 11.3 Å². The quantitative estimate of drug-likeness (QED) is 0.797. The Kier molecular flexibility index (Phi) is 5.43. The Morgan fingerprint density at radius 2 is 1.89 bits per heavy atom.